The molecule has 0 radical (unpaired) electrons. The molecule has 0 atom stereocenters. The summed E-state index contributed by atoms with van der Waals surface area (Å²) in [5, 5.41) is 10.2. The molecule has 1 fully saturated rings. The first-order chi connectivity index (χ1) is 6.26. The second-order valence-electron chi connectivity index (χ2n) is 3.59. The molecule has 0 spiro atoms. The molecule has 0 aromatic heterocycles. The van der Waals surface area contributed by atoms with Crippen molar-refractivity contribution in [3.8, 4) is 0 Å². The molecule has 0 heterocycles. The van der Waals surface area contributed by atoms with Crippen molar-refractivity contribution in [3.63, 3.8) is 0 Å². The summed E-state index contributed by atoms with van der Waals surface area (Å²) in [5.41, 5.74) is 0.605. The average molecular weight is 194 g/mol. The van der Waals surface area contributed by atoms with Crippen LogP contribution in [0.4, 0.5) is 0 Å². The fourth-order valence-corrected chi connectivity index (χ4v) is 2.50. The van der Waals surface area contributed by atoms with Gasteiger partial charge in [0.25, 0.3) is 0 Å². The molecule has 0 unspecified atom stereocenters. The fraction of sp³-hybridized carbons (Fsp3) is 0.455. The summed E-state index contributed by atoms with van der Waals surface area (Å²) in [7, 11) is 0. The predicted octanol–water partition coefficient (Wildman–Crippen LogP) is 2.78. The minimum absolute atomic E-state index is 0.514. The summed E-state index contributed by atoms with van der Waals surface area (Å²) in [6, 6.07) is 8.16. The highest BCUT2D eigenvalue weighted by molar-refractivity contribution is 7.98. The average Bonchev–Trinajstić information content (AvgIpc) is 2.14. The maximum atomic E-state index is 10.2. The zero-order valence-electron chi connectivity index (χ0n) is 7.79. The zero-order chi connectivity index (χ0) is 9.31. The van der Waals surface area contributed by atoms with E-state index in [1.807, 2.05) is 18.2 Å². The second-order valence-corrected chi connectivity index (χ2v) is 4.43. The van der Waals surface area contributed by atoms with E-state index in [0.29, 0.717) is 0 Å². The van der Waals surface area contributed by atoms with E-state index in [-0.39, 0.29) is 0 Å². The van der Waals surface area contributed by atoms with Crippen LogP contribution < -0.4 is 0 Å². The van der Waals surface area contributed by atoms with Crippen molar-refractivity contribution >= 4 is 11.8 Å². The summed E-state index contributed by atoms with van der Waals surface area (Å²) in [6.45, 7) is 0. The van der Waals surface area contributed by atoms with Gasteiger partial charge in [0.05, 0.1) is 5.60 Å². The van der Waals surface area contributed by atoms with E-state index in [9.17, 15) is 5.11 Å². The Kier molecular flexibility index (Phi) is 2.35. The minimum Gasteiger partial charge on any atom is -0.385 e. The Morgan fingerprint density at radius 1 is 1.31 bits per heavy atom. The molecule has 1 aliphatic rings. The van der Waals surface area contributed by atoms with E-state index in [1.165, 1.54) is 4.90 Å². The summed E-state index contributed by atoms with van der Waals surface area (Å²) in [5.74, 6) is 0. The lowest BCUT2D eigenvalue weighted by molar-refractivity contribution is -0.0410. The molecule has 0 bridgehead atoms. The number of benzene rings is 1. The van der Waals surface area contributed by atoms with E-state index >= 15 is 0 Å². The first-order valence-electron chi connectivity index (χ1n) is 4.62. The Labute approximate surface area is 83.2 Å². The number of hydrogen-bond donors (Lipinski definition) is 1. The molecule has 0 aliphatic heterocycles. The van der Waals surface area contributed by atoms with Gasteiger partial charge >= 0.3 is 0 Å². The standard InChI is InChI=1S/C11H14OS/c1-13-10-6-3-2-5-9(10)11(12)7-4-8-11/h2-3,5-6,12H,4,7-8H2,1H3. The van der Waals surface area contributed by atoms with Crippen molar-refractivity contribution in [1.82, 2.24) is 0 Å². The molecule has 0 saturated heterocycles. The third-order valence-corrected chi connectivity index (χ3v) is 3.58. The first kappa shape index (κ1) is 9.10. The van der Waals surface area contributed by atoms with Crippen LogP contribution in [-0.4, -0.2) is 11.4 Å². The second kappa shape index (κ2) is 3.35. The molecule has 1 N–H and O–H groups in total. The summed E-state index contributed by atoms with van der Waals surface area (Å²) < 4.78 is 0. The van der Waals surface area contributed by atoms with Gasteiger partial charge in [-0.3, -0.25) is 0 Å². The zero-order valence-corrected chi connectivity index (χ0v) is 8.60. The Hall–Kier alpha value is -0.470. The smallest absolute Gasteiger partial charge is 0.0907 e. The van der Waals surface area contributed by atoms with Crippen LogP contribution in [0.15, 0.2) is 29.2 Å². The lowest BCUT2D eigenvalue weighted by Crippen LogP contribution is -2.34. The van der Waals surface area contributed by atoms with Gasteiger partial charge in [-0.05, 0) is 37.1 Å². The maximum Gasteiger partial charge on any atom is 0.0907 e. The molecule has 1 aromatic carbocycles. The topological polar surface area (TPSA) is 20.2 Å². The largest absolute Gasteiger partial charge is 0.385 e. The van der Waals surface area contributed by atoms with E-state index in [4.69, 9.17) is 0 Å². The van der Waals surface area contributed by atoms with Crippen LogP contribution in [-0.2, 0) is 5.60 Å². The summed E-state index contributed by atoms with van der Waals surface area (Å²) in [6.07, 6.45) is 5.05. The van der Waals surface area contributed by atoms with Crippen LogP contribution in [0.1, 0.15) is 24.8 Å². The molecular weight excluding hydrogens is 180 g/mol. The molecule has 1 aliphatic carbocycles. The van der Waals surface area contributed by atoms with Crippen LogP contribution in [0.5, 0.6) is 0 Å². The SMILES string of the molecule is CSc1ccccc1C1(O)CCC1. The van der Waals surface area contributed by atoms with Gasteiger partial charge in [0.15, 0.2) is 0 Å². The quantitative estimate of drug-likeness (QED) is 0.730. The number of rotatable bonds is 2. The first-order valence-corrected chi connectivity index (χ1v) is 5.85. The lowest BCUT2D eigenvalue weighted by Gasteiger charge is -2.38. The minimum atomic E-state index is -0.514. The van der Waals surface area contributed by atoms with Crippen molar-refractivity contribution in [2.24, 2.45) is 0 Å². The Morgan fingerprint density at radius 2 is 2.00 bits per heavy atom. The molecule has 2 rings (SSSR count). The van der Waals surface area contributed by atoms with Gasteiger partial charge in [-0.1, -0.05) is 18.2 Å². The van der Waals surface area contributed by atoms with Crippen LogP contribution >= 0.6 is 11.8 Å². The number of aliphatic hydroxyl groups is 1. The van der Waals surface area contributed by atoms with Gasteiger partial charge in [0, 0.05) is 4.90 Å². The highest BCUT2D eigenvalue weighted by Gasteiger charge is 2.37. The molecule has 1 aromatic rings. The van der Waals surface area contributed by atoms with Gasteiger partial charge in [-0.2, -0.15) is 0 Å². The molecule has 0 amide bonds. The summed E-state index contributed by atoms with van der Waals surface area (Å²) in [4.78, 5) is 1.21. The van der Waals surface area contributed by atoms with Crippen molar-refractivity contribution in [1.29, 1.82) is 0 Å². The molecule has 1 nitrogen and oxygen atoms in total. The fourth-order valence-electron chi connectivity index (χ4n) is 1.81. The van der Waals surface area contributed by atoms with E-state index in [1.54, 1.807) is 11.8 Å². The van der Waals surface area contributed by atoms with E-state index < -0.39 is 5.60 Å². The third-order valence-electron chi connectivity index (χ3n) is 2.79. The Bertz CT molecular complexity index is 305. The Balaban J connectivity index is 2.38. The van der Waals surface area contributed by atoms with Gasteiger partial charge in [0.2, 0.25) is 0 Å². The van der Waals surface area contributed by atoms with Crippen molar-refractivity contribution < 1.29 is 5.11 Å². The predicted molar refractivity (Wildman–Crippen MR) is 56.0 cm³/mol. The van der Waals surface area contributed by atoms with Crippen molar-refractivity contribution in [2.45, 2.75) is 29.8 Å². The van der Waals surface area contributed by atoms with Crippen molar-refractivity contribution in [2.75, 3.05) is 6.26 Å². The van der Waals surface area contributed by atoms with E-state index in [0.717, 1.165) is 24.8 Å². The molecular formula is C11H14OS. The van der Waals surface area contributed by atoms with Gasteiger partial charge < -0.3 is 5.11 Å². The number of thioether (sulfide) groups is 1. The lowest BCUT2D eigenvalue weighted by atomic mass is 9.75. The highest BCUT2D eigenvalue weighted by Crippen LogP contribution is 2.44. The molecule has 13 heavy (non-hydrogen) atoms. The third kappa shape index (κ3) is 1.49. The van der Waals surface area contributed by atoms with Crippen LogP contribution in [0, 0.1) is 0 Å². The van der Waals surface area contributed by atoms with Gasteiger partial charge in [-0.25, -0.2) is 0 Å². The van der Waals surface area contributed by atoms with Gasteiger partial charge in [0.1, 0.15) is 0 Å². The van der Waals surface area contributed by atoms with Crippen LogP contribution in [0.2, 0.25) is 0 Å². The van der Waals surface area contributed by atoms with Crippen molar-refractivity contribution in [3.05, 3.63) is 29.8 Å². The maximum absolute atomic E-state index is 10.2. The van der Waals surface area contributed by atoms with Crippen LogP contribution in [0.3, 0.4) is 0 Å². The molecule has 1 saturated carbocycles. The highest BCUT2D eigenvalue weighted by atomic mass is 32.2. The molecule has 2 heteroatoms. The van der Waals surface area contributed by atoms with E-state index in [2.05, 4.69) is 12.3 Å². The molecule has 70 valence electrons. The summed E-state index contributed by atoms with van der Waals surface area (Å²) >= 11 is 1.71. The van der Waals surface area contributed by atoms with Crippen LogP contribution in [0.25, 0.3) is 0 Å². The number of hydrogen-bond acceptors (Lipinski definition) is 2. The normalized spacial score (nSPS) is 19.5. The monoisotopic (exact) mass is 194 g/mol. The Morgan fingerprint density at radius 3 is 2.54 bits per heavy atom. The van der Waals surface area contributed by atoms with Gasteiger partial charge in [-0.15, -0.1) is 11.8 Å².